The Labute approximate surface area is 134 Å². The molecule has 4 nitrogen and oxygen atoms in total. The summed E-state index contributed by atoms with van der Waals surface area (Å²) in [6, 6.07) is 23.8. The zero-order valence-corrected chi connectivity index (χ0v) is 12.2. The quantitative estimate of drug-likeness (QED) is 0.662. The van der Waals surface area contributed by atoms with Crippen molar-refractivity contribution >= 4 is 11.4 Å². The van der Waals surface area contributed by atoms with Crippen molar-refractivity contribution in [1.29, 1.82) is 5.26 Å². The average Bonchev–Trinajstić information content (AvgIpc) is 2.62. The van der Waals surface area contributed by atoms with E-state index in [0.717, 1.165) is 16.8 Å². The summed E-state index contributed by atoms with van der Waals surface area (Å²) in [6.45, 7) is 0. The number of phenolic OH excluding ortho intramolecular Hbond substituents is 1. The fourth-order valence-electron chi connectivity index (χ4n) is 2.09. The molecule has 0 aromatic heterocycles. The van der Waals surface area contributed by atoms with Crippen LogP contribution in [0.5, 0.6) is 5.75 Å². The minimum atomic E-state index is 0.204. The second-order valence-corrected chi connectivity index (χ2v) is 4.95. The van der Waals surface area contributed by atoms with Crippen molar-refractivity contribution in [2.24, 2.45) is 10.2 Å². The number of azo groups is 1. The number of nitriles is 1. The molecule has 0 aliphatic carbocycles. The van der Waals surface area contributed by atoms with E-state index in [1.807, 2.05) is 36.4 Å². The number of benzene rings is 3. The van der Waals surface area contributed by atoms with E-state index in [-0.39, 0.29) is 5.75 Å². The van der Waals surface area contributed by atoms with Crippen LogP contribution in [-0.2, 0) is 0 Å². The Morgan fingerprint density at radius 2 is 1.09 bits per heavy atom. The van der Waals surface area contributed by atoms with Gasteiger partial charge in [-0.1, -0.05) is 24.3 Å². The van der Waals surface area contributed by atoms with E-state index in [0.29, 0.717) is 11.3 Å². The number of aromatic hydroxyl groups is 1. The predicted molar refractivity (Wildman–Crippen MR) is 88.9 cm³/mol. The van der Waals surface area contributed by atoms with Gasteiger partial charge in [0, 0.05) is 0 Å². The lowest BCUT2D eigenvalue weighted by atomic mass is 10.0. The number of rotatable bonds is 3. The van der Waals surface area contributed by atoms with Gasteiger partial charge in [-0.15, -0.1) is 0 Å². The van der Waals surface area contributed by atoms with E-state index in [2.05, 4.69) is 16.3 Å². The van der Waals surface area contributed by atoms with Crippen LogP contribution >= 0.6 is 0 Å². The first-order valence-electron chi connectivity index (χ1n) is 7.06. The molecule has 0 aliphatic rings. The first-order valence-corrected chi connectivity index (χ1v) is 7.06. The van der Waals surface area contributed by atoms with Gasteiger partial charge in [0.15, 0.2) is 0 Å². The zero-order chi connectivity index (χ0) is 16.1. The molecule has 23 heavy (non-hydrogen) atoms. The van der Waals surface area contributed by atoms with Crippen LogP contribution in [0.25, 0.3) is 11.1 Å². The van der Waals surface area contributed by atoms with Crippen molar-refractivity contribution in [2.45, 2.75) is 0 Å². The van der Waals surface area contributed by atoms with Crippen LogP contribution in [-0.4, -0.2) is 5.11 Å². The van der Waals surface area contributed by atoms with Crippen molar-refractivity contribution in [3.8, 4) is 22.9 Å². The Morgan fingerprint density at radius 3 is 1.57 bits per heavy atom. The van der Waals surface area contributed by atoms with Gasteiger partial charge in [0.2, 0.25) is 0 Å². The van der Waals surface area contributed by atoms with Gasteiger partial charge in [0.25, 0.3) is 0 Å². The van der Waals surface area contributed by atoms with Crippen LogP contribution in [0.15, 0.2) is 83.0 Å². The molecule has 0 fully saturated rings. The van der Waals surface area contributed by atoms with Crippen LogP contribution in [0, 0.1) is 11.3 Å². The summed E-state index contributed by atoms with van der Waals surface area (Å²) in [5.41, 5.74) is 4.17. The first kappa shape index (κ1) is 14.5. The average molecular weight is 299 g/mol. The fourth-order valence-corrected chi connectivity index (χ4v) is 2.09. The maximum Gasteiger partial charge on any atom is 0.115 e. The first-order chi connectivity index (χ1) is 11.2. The predicted octanol–water partition coefficient (Wildman–Crippen LogP) is 5.35. The number of hydrogen-bond acceptors (Lipinski definition) is 4. The van der Waals surface area contributed by atoms with Crippen LogP contribution in [0.3, 0.4) is 0 Å². The molecule has 0 radical (unpaired) electrons. The molecule has 0 atom stereocenters. The Kier molecular flexibility index (Phi) is 4.12. The van der Waals surface area contributed by atoms with E-state index in [1.54, 1.807) is 36.4 Å². The lowest BCUT2D eigenvalue weighted by Gasteiger charge is -2.02. The summed E-state index contributed by atoms with van der Waals surface area (Å²) in [5.74, 6) is 0.204. The standard InChI is InChI=1S/C19H13N3O/c20-13-14-1-3-15(4-2-14)16-5-7-17(8-6-16)21-22-18-9-11-19(23)12-10-18/h1-12,23H. The molecule has 0 saturated carbocycles. The van der Waals surface area contributed by atoms with Gasteiger partial charge in [0.1, 0.15) is 5.75 Å². The maximum absolute atomic E-state index is 9.22. The summed E-state index contributed by atoms with van der Waals surface area (Å²) in [5, 5.41) is 26.3. The van der Waals surface area contributed by atoms with E-state index >= 15 is 0 Å². The van der Waals surface area contributed by atoms with Gasteiger partial charge >= 0.3 is 0 Å². The third-order valence-corrected chi connectivity index (χ3v) is 3.35. The van der Waals surface area contributed by atoms with Gasteiger partial charge in [0.05, 0.1) is 23.0 Å². The lowest BCUT2D eigenvalue weighted by molar-refractivity contribution is 0.475. The van der Waals surface area contributed by atoms with Crippen molar-refractivity contribution in [3.63, 3.8) is 0 Å². The molecule has 110 valence electrons. The van der Waals surface area contributed by atoms with Crippen LogP contribution in [0.2, 0.25) is 0 Å². The van der Waals surface area contributed by atoms with Crippen LogP contribution in [0.4, 0.5) is 11.4 Å². The summed E-state index contributed by atoms with van der Waals surface area (Å²) in [7, 11) is 0. The monoisotopic (exact) mass is 299 g/mol. The topological polar surface area (TPSA) is 68.7 Å². The lowest BCUT2D eigenvalue weighted by Crippen LogP contribution is -1.78. The van der Waals surface area contributed by atoms with Gasteiger partial charge in [-0.2, -0.15) is 15.5 Å². The summed E-state index contributed by atoms with van der Waals surface area (Å²) in [6.07, 6.45) is 0. The molecule has 0 unspecified atom stereocenters. The highest BCUT2D eigenvalue weighted by Crippen LogP contribution is 2.25. The molecule has 0 spiro atoms. The van der Waals surface area contributed by atoms with Crippen LogP contribution < -0.4 is 0 Å². The highest BCUT2D eigenvalue weighted by molar-refractivity contribution is 5.66. The molecule has 1 N–H and O–H groups in total. The third-order valence-electron chi connectivity index (χ3n) is 3.35. The van der Waals surface area contributed by atoms with Gasteiger partial charge in [-0.25, -0.2) is 0 Å². The highest BCUT2D eigenvalue weighted by atomic mass is 16.3. The Balaban J connectivity index is 1.76. The fraction of sp³-hybridized carbons (Fsp3) is 0. The Bertz CT molecular complexity index is 858. The molecule has 0 heterocycles. The van der Waals surface area contributed by atoms with Crippen molar-refractivity contribution in [3.05, 3.63) is 78.4 Å². The molecule has 0 aliphatic heterocycles. The van der Waals surface area contributed by atoms with Gasteiger partial charge < -0.3 is 5.11 Å². The molecule has 3 aromatic carbocycles. The molecule has 3 rings (SSSR count). The molecular formula is C19H13N3O. The second kappa shape index (κ2) is 6.54. The van der Waals surface area contributed by atoms with Gasteiger partial charge in [-0.05, 0) is 59.7 Å². The minimum absolute atomic E-state index is 0.204. The van der Waals surface area contributed by atoms with Crippen molar-refractivity contribution < 1.29 is 5.11 Å². The molecular weight excluding hydrogens is 286 g/mol. The number of nitrogens with zero attached hydrogens (tertiary/aromatic N) is 3. The van der Waals surface area contributed by atoms with Gasteiger partial charge in [-0.3, -0.25) is 0 Å². The van der Waals surface area contributed by atoms with Crippen molar-refractivity contribution in [1.82, 2.24) is 0 Å². The molecule has 3 aromatic rings. The third kappa shape index (κ3) is 3.60. The molecule has 0 amide bonds. The summed E-state index contributed by atoms with van der Waals surface area (Å²) >= 11 is 0. The summed E-state index contributed by atoms with van der Waals surface area (Å²) in [4.78, 5) is 0. The molecule has 0 bridgehead atoms. The molecule has 4 heteroatoms. The van der Waals surface area contributed by atoms with E-state index in [9.17, 15) is 5.11 Å². The second-order valence-electron chi connectivity index (χ2n) is 4.95. The van der Waals surface area contributed by atoms with E-state index in [4.69, 9.17) is 5.26 Å². The minimum Gasteiger partial charge on any atom is -0.508 e. The summed E-state index contributed by atoms with van der Waals surface area (Å²) < 4.78 is 0. The SMILES string of the molecule is N#Cc1ccc(-c2ccc(N=Nc3ccc(O)cc3)cc2)cc1. The van der Waals surface area contributed by atoms with Crippen LogP contribution in [0.1, 0.15) is 5.56 Å². The Morgan fingerprint density at radius 1 is 0.652 bits per heavy atom. The number of phenols is 1. The normalized spacial score (nSPS) is 10.6. The van der Waals surface area contributed by atoms with E-state index < -0.39 is 0 Å². The maximum atomic E-state index is 9.22. The van der Waals surface area contributed by atoms with Crippen molar-refractivity contribution in [2.75, 3.05) is 0 Å². The smallest absolute Gasteiger partial charge is 0.115 e. The molecule has 0 saturated heterocycles. The zero-order valence-electron chi connectivity index (χ0n) is 12.2. The largest absolute Gasteiger partial charge is 0.508 e. The highest BCUT2D eigenvalue weighted by Gasteiger charge is 1.99. The van der Waals surface area contributed by atoms with E-state index in [1.165, 1.54) is 0 Å². The number of hydrogen-bond donors (Lipinski definition) is 1. The Hall–Kier alpha value is -3.45.